The van der Waals surface area contributed by atoms with E-state index in [0.717, 1.165) is 33.2 Å². The number of nitrogens with one attached hydrogen (secondary N) is 1. The number of hydrogen-bond acceptors (Lipinski definition) is 6. The molecular formula is C38H36N2O5. The van der Waals surface area contributed by atoms with Crippen LogP contribution in [0.15, 0.2) is 97.2 Å². The fourth-order valence-corrected chi connectivity index (χ4v) is 5.45. The minimum Gasteiger partial charge on any atom is -0.465 e. The lowest BCUT2D eigenvalue weighted by atomic mass is 9.81. The fraction of sp³-hybridized carbons (Fsp3) is 0.211. The molecule has 0 bridgehead atoms. The largest absolute Gasteiger partial charge is 0.465 e. The number of aromatic nitrogens is 1. The summed E-state index contributed by atoms with van der Waals surface area (Å²) in [4.78, 5) is 43.6. The number of rotatable bonds is 8. The maximum absolute atomic E-state index is 14.4. The minimum absolute atomic E-state index is 0.222. The van der Waals surface area contributed by atoms with Crippen molar-refractivity contribution in [2.45, 2.75) is 39.0 Å². The van der Waals surface area contributed by atoms with E-state index >= 15 is 0 Å². The Morgan fingerprint density at radius 3 is 1.78 bits per heavy atom. The number of ether oxygens (including phenoxy) is 2. The summed E-state index contributed by atoms with van der Waals surface area (Å²) < 4.78 is 9.89. The Balaban J connectivity index is 1.67. The number of carbonyl (C=O) groups excluding carboxylic acids is 3. The zero-order valence-corrected chi connectivity index (χ0v) is 26.1. The third-order valence-electron chi connectivity index (χ3n) is 7.76. The highest BCUT2D eigenvalue weighted by Gasteiger charge is 2.24. The zero-order chi connectivity index (χ0) is 32.1. The van der Waals surface area contributed by atoms with E-state index < -0.39 is 11.9 Å². The van der Waals surface area contributed by atoms with Gasteiger partial charge in [-0.2, -0.15) is 0 Å². The van der Waals surface area contributed by atoms with Gasteiger partial charge < -0.3 is 14.8 Å². The Hall–Kier alpha value is -5.30. The molecule has 0 unspecified atom stereocenters. The van der Waals surface area contributed by atoms with E-state index in [1.807, 2.05) is 54.6 Å². The first-order valence-corrected chi connectivity index (χ1v) is 14.7. The molecule has 0 atom stereocenters. The van der Waals surface area contributed by atoms with Crippen LogP contribution in [0.5, 0.6) is 0 Å². The summed E-state index contributed by atoms with van der Waals surface area (Å²) in [5.41, 5.74) is 6.90. The van der Waals surface area contributed by atoms with Gasteiger partial charge in [-0.3, -0.25) is 9.78 Å². The van der Waals surface area contributed by atoms with E-state index in [1.54, 1.807) is 30.5 Å². The van der Waals surface area contributed by atoms with E-state index in [9.17, 15) is 14.4 Å². The molecule has 0 fully saturated rings. The number of benzene rings is 4. The molecule has 5 rings (SSSR count). The highest BCUT2D eigenvalue weighted by molar-refractivity contribution is 6.10. The molecule has 0 radical (unpaired) electrons. The highest BCUT2D eigenvalue weighted by Crippen LogP contribution is 2.32. The number of amides is 1. The average molecular weight is 601 g/mol. The van der Waals surface area contributed by atoms with Crippen LogP contribution >= 0.6 is 0 Å². The van der Waals surface area contributed by atoms with Gasteiger partial charge >= 0.3 is 11.9 Å². The Morgan fingerprint density at radius 2 is 1.24 bits per heavy atom. The van der Waals surface area contributed by atoms with Gasteiger partial charge in [0.25, 0.3) is 5.91 Å². The van der Waals surface area contributed by atoms with Gasteiger partial charge in [-0.1, -0.05) is 75.4 Å². The fourth-order valence-electron chi connectivity index (χ4n) is 5.45. The molecule has 1 heterocycles. The third-order valence-corrected chi connectivity index (χ3v) is 7.76. The Bertz CT molecular complexity index is 1820. The van der Waals surface area contributed by atoms with Gasteiger partial charge in [0.15, 0.2) is 0 Å². The summed E-state index contributed by atoms with van der Waals surface area (Å²) in [6.45, 7) is 6.40. The lowest BCUT2D eigenvalue weighted by Crippen LogP contribution is -2.21. The number of esters is 2. The normalized spacial score (nSPS) is 11.2. The van der Waals surface area contributed by atoms with Gasteiger partial charge in [0.2, 0.25) is 0 Å². The molecule has 0 spiro atoms. The summed E-state index contributed by atoms with van der Waals surface area (Å²) in [7, 11) is 2.71. The molecule has 228 valence electrons. The van der Waals surface area contributed by atoms with Crippen LogP contribution in [0.1, 0.15) is 79.7 Å². The number of pyridine rings is 1. The smallest absolute Gasteiger partial charge is 0.337 e. The van der Waals surface area contributed by atoms with Gasteiger partial charge in [0.05, 0.1) is 36.6 Å². The Morgan fingerprint density at radius 1 is 0.711 bits per heavy atom. The molecule has 1 amide bonds. The number of hydrogen-bond donors (Lipinski definition) is 1. The van der Waals surface area contributed by atoms with Crippen molar-refractivity contribution in [3.05, 3.63) is 142 Å². The van der Waals surface area contributed by atoms with Crippen molar-refractivity contribution >= 4 is 34.4 Å². The first-order valence-electron chi connectivity index (χ1n) is 14.7. The number of carbonyl (C=O) groups is 3. The summed E-state index contributed by atoms with van der Waals surface area (Å²) in [6, 6.07) is 28.2. The first-order chi connectivity index (χ1) is 21.6. The number of anilines is 1. The highest BCUT2D eigenvalue weighted by atomic mass is 16.5. The lowest BCUT2D eigenvalue weighted by Gasteiger charge is -2.24. The third kappa shape index (κ3) is 7.10. The van der Waals surface area contributed by atoms with Crippen molar-refractivity contribution < 1.29 is 23.9 Å². The van der Waals surface area contributed by atoms with Crippen LogP contribution in [0.2, 0.25) is 0 Å². The molecule has 1 N–H and O–H groups in total. The maximum atomic E-state index is 14.4. The van der Waals surface area contributed by atoms with Crippen LogP contribution in [0.25, 0.3) is 10.9 Å². The Kier molecular flexibility index (Phi) is 9.09. The molecule has 0 aliphatic rings. The molecule has 4 aromatic carbocycles. The SMILES string of the molecule is COC(=O)c1cccc(Cc2cc(C(C)(C)C)cc(Cc3cccc(C(=O)OC)c3)c2C(=O)Nc2cccc3cccnc23)c1. The predicted octanol–water partition coefficient (Wildman–Crippen LogP) is 7.54. The number of nitrogens with zero attached hydrogens (tertiary/aromatic N) is 1. The van der Waals surface area contributed by atoms with Crippen LogP contribution in [0, 0.1) is 0 Å². The molecule has 0 saturated heterocycles. The van der Waals surface area contributed by atoms with E-state index in [2.05, 4.69) is 43.2 Å². The zero-order valence-electron chi connectivity index (χ0n) is 26.1. The van der Waals surface area contributed by atoms with E-state index in [4.69, 9.17) is 9.47 Å². The molecule has 7 heteroatoms. The monoisotopic (exact) mass is 600 g/mol. The number of methoxy groups -OCH3 is 2. The van der Waals surface area contributed by atoms with Crippen molar-refractivity contribution in [2.24, 2.45) is 0 Å². The van der Waals surface area contributed by atoms with E-state index in [0.29, 0.717) is 40.7 Å². The van der Waals surface area contributed by atoms with Crippen molar-refractivity contribution in [3.8, 4) is 0 Å². The van der Waals surface area contributed by atoms with Crippen molar-refractivity contribution in [2.75, 3.05) is 19.5 Å². The van der Waals surface area contributed by atoms with Crippen molar-refractivity contribution in [1.29, 1.82) is 0 Å². The van der Waals surface area contributed by atoms with Gasteiger partial charge in [0.1, 0.15) is 0 Å². The Labute approximate surface area is 263 Å². The summed E-state index contributed by atoms with van der Waals surface area (Å²) >= 11 is 0. The molecule has 7 nitrogen and oxygen atoms in total. The number of fused-ring (bicyclic) bond motifs is 1. The summed E-state index contributed by atoms with van der Waals surface area (Å²) in [5, 5.41) is 4.05. The van der Waals surface area contributed by atoms with Crippen LogP contribution in [-0.2, 0) is 27.7 Å². The summed E-state index contributed by atoms with van der Waals surface area (Å²) in [6.07, 6.45) is 2.51. The van der Waals surface area contributed by atoms with Crippen LogP contribution in [0.3, 0.4) is 0 Å². The molecule has 1 aromatic heterocycles. The predicted molar refractivity (Wildman–Crippen MR) is 176 cm³/mol. The maximum Gasteiger partial charge on any atom is 0.337 e. The topological polar surface area (TPSA) is 94.6 Å². The average Bonchev–Trinajstić information content (AvgIpc) is 3.03. The van der Waals surface area contributed by atoms with Gasteiger partial charge in [-0.05, 0) is 82.5 Å². The summed E-state index contributed by atoms with van der Waals surface area (Å²) in [5.74, 6) is -1.12. The van der Waals surface area contributed by atoms with Crippen molar-refractivity contribution in [1.82, 2.24) is 4.98 Å². The van der Waals surface area contributed by atoms with Gasteiger partial charge in [0, 0.05) is 17.1 Å². The second-order valence-electron chi connectivity index (χ2n) is 12.0. The van der Waals surface area contributed by atoms with E-state index in [1.165, 1.54) is 14.2 Å². The lowest BCUT2D eigenvalue weighted by molar-refractivity contribution is 0.0591. The molecule has 0 aliphatic heterocycles. The second kappa shape index (κ2) is 13.1. The molecule has 5 aromatic rings. The molecule has 0 saturated carbocycles. The van der Waals surface area contributed by atoms with Crippen LogP contribution < -0.4 is 5.32 Å². The van der Waals surface area contributed by atoms with E-state index in [-0.39, 0.29) is 11.3 Å². The quantitative estimate of drug-likeness (QED) is 0.185. The molecule has 0 aliphatic carbocycles. The van der Waals surface area contributed by atoms with Crippen LogP contribution in [-0.4, -0.2) is 37.0 Å². The first kappa shape index (κ1) is 31.1. The van der Waals surface area contributed by atoms with Gasteiger partial charge in [-0.25, -0.2) is 9.59 Å². The van der Waals surface area contributed by atoms with Crippen LogP contribution in [0.4, 0.5) is 5.69 Å². The van der Waals surface area contributed by atoms with Crippen molar-refractivity contribution in [3.63, 3.8) is 0 Å². The number of para-hydroxylation sites is 1. The minimum atomic E-state index is -0.423. The standard InChI is InChI=1S/C38H36N2O5/c1-38(2,3)31-22-29(20-24-10-6-13-27(18-24)36(42)44-4)33(30(23-31)21-25-11-7-14-28(19-25)37(43)45-5)35(41)40-32-16-8-12-26-15-9-17-39-34(26)32/h6-19,22-23H,20-21H2,1-5H3,(H,40,41). The second-order valence-corrected chi connectivity index (χ2v) is 12.0. The molecular weight excluding hydrogens is 564 g/mol. The van der Waals surface area contributed by atoms with Gasteiger partial charge in [-0.15, -0.1) is 0 Å². The molecule has 45 heavy (non-hydrogen) atoms.